The van der Waals surface area contributed by atoms with Gasteiger partial charge in [0.15, 0.2) is 11.6 Å². The summed E-state index contributed by atoms with van der Waals surface area (Å²) in [6.07, 6.45) is 0. The number of ketones is 2. The first kappa shape index (κ1) is 21.4. The number of hydrogen-bond donors (Lipinski definition) is 3. The van der Waals surface area contributed by atoms with Crippen LogP contribution in [0.5, 0.6) is 0 Å². The largest absolute Gasteiger partial charge is 0.324 e. The standard InChI is InChI=1S/C19H29N3O2S2/c1-18(21-3)12-25-10-14-6-4-5-7-15(14)11-26-13-19(2,16(23)8-20)22-9-17(18)24/h4-7,21-22H,8-13,20H2,1-3H3/t18-,19-/m0/s1. The maximum Gasteiger partial charge on any atom is 0.167 e. The summed E-state index contributed by atoms with van der Waals surface area (Å²) in [5, 5.41) is 6.37. The van der Waals surface area contributed by atoms with Crippen LogP contribution < -0.4 is 16.4 Å². The van der Waals surface area contributed by atoms with Gasteiger partial charge in [0.25, 0.3) is 0 Å². The average Bonchev–Trinajstić information content (AvgIpc) is 2.66. The van der Waals surface area contributed by atoms with Gasteiger partial charge in [0.2, 0.25) is 0 Å². The topological polar surface area (TPSA) is 84.2 Å². The molecule has 0 aromatic heterocycles. The van der Waals surface area contributed by atoms with Crippen LogP contribution in [0.3, 0.4) is 0 Å². The van der Waals surface area contributed by atoms with Crippen LogP contribution in [0.2, 0.25) is 0 Å². The Kier molecular flexibility index (Phi) is 7.73. The Morgan fingerprint density at radius 2 is 1.77 bits per heavy atom. The van der Waals surface area contributed by atoms with E-state index in [0.717, 1.165) is 11.5 Å². The Labute approximate surface area is 164 Å². The molecule has 0 unspecified atom stereocenters. The number of hydrogen-bond acceptors (Lipinski definition) is 7. The third-order valence-electron chi connectivity index (χ3n) is 5.02. The summed E-state index contributed by atoms with van der Waals surface area (Å²) in [7, 11) is 1.81. The molecule has 1 aromatic carbocycles. The highest BCUT2D eigenvalue weighted by molar-refractivity contribution is 7.99. The molecule has 5 nitrogen and oxygen atoms in total. The van der Waals surface area contributed by atoms with Gasteiger partial charge in [-0.3, -0.25) is 14.9 Å². The zero-order valence-electron chi connectivity index (χ0n) is 15.8. The number of likely N-dealkylation sites (N-methyl/N-ethyl adjacent to an activating group) is 1. The third-order valence-corrected chi connectivity index (χ3v) is 7.62. The second-order valence-corrected chi connectivity index (χ2v) is 9.04. The molecule has 0 spiro atoms. The van der Waals surface area contributed by atoms with E-state index >= 15 is 0 Å². The van der Waals surface area contributed by atoms with Gasteiger partial charge in [-0.25, -0.2) is 0 Å². The van der Waals surface area contributed by atoms with Crippen molar-refractivity contribution in [2.45, 2.75) is 36.4 Å². The summed E-state index contributed by atoms with van der Waals surface area (Å²) in [5.74, 6) is 2.94. The lowest BCUT2D eigenvalue weighted by Gasteiger charge is -2.32. The van der Waals surface area contributed by atoms with Gasteiger partial charge >= 0.3 is 0 Å². The van der Waals surface area contributed by atoms with Crippen molar-refractivity contribution in [1.29, 1.82) is 0 Å². The Balaban J connectivity index is 2.30. The van der Waals surface area contributed by atoms with Crippen molar-refractivity contribution < 1.29 is 9.59 Å². The van der Waals surface area contributed by atoms with E-state index in [9.17, 15) is 9.59 Å². The molecule has 0 saturated carbocycles. The number of Topliss-reactive ketones (excluding diaryl/α,β-unsaturated/α-hetero) is 2. The van der Waals surface area contributed by atoms with Crippen molar-refractivity contribution in [1.82, 2.24) is 10.6 Å². The molecule has 0 saturated heterocycles. The number of thioether (sulfide) groups is 2. The molecule has 7 heteroatoms. The lowest BCUT2D eigenvalue weighted by atomic mass is 9.95. The SMILES string of the molecule is CN[C@@]1(C)CSCc2ccccc2CSC[C@@](C)(C(=O)CN)NCC1=O. The van der Waals surface area contributed by atoms with E-state index in [2.05, 4.69) is 22.8 Å². The Morgan fingerprint density at radius 3 is 2.31 bits per heavy atom. The first-order valence-electron chi connectivity index (χ1n) is 8.77. The predicted octanol–water partition coefficient (Wildman–Crippen LogP) is 1.59. The van der Waals surface area contributed by atoms with Crippen LogP contribution in [-0.2, 0) is 21.1 Å². The average molecular weight is 396 g/mol. The maximum absolute atomic E-state index is 12.8. The summed E-state index contributed by atoms with van der Waals surface area (Å²) in [4.78, 5) is 25.3. The molecular weight excluding hydrogens is 366 g/mol. The van der Waals surface area contributed by atoms with Crippen molar-refractivity contribution in [2.24, 2.45) is 5.73 Å². The predicted molar refractivity (Wildman–Crippen MR) is 112 cm³/mol. The molecule has 0 amide bonds. The number of carbonyl (C=O) groups excluding carboxylic acids is 2. The van der Waals surface area contributed by atoms with E-state index in [1.54, 1.807) is 23.5 Å². The molecule has 26 heavy (non-hydrogen) atoms. The Bertz CT molecular complexity index is 655. The van der Waals surface area contributed by atoms with E-state index in [-0.39, 0.29) is 24.7 Å². The second kappa shape index (κ2) is 9.37. The molecule has 2 rings (SSSR count). The lowest BCUT2D eigenvalue weighted by Crippen LogP contribution is -2.59. The maximum atomic E-state index is 12.8. The molecule has 0 aliphatic carbocycles. The van der Waals surface area contributed by atoms with Crippen molar-refractivity contribution in [3.63, 3.8) is 0 Å². The molecule has 1 heterocycles. The van der Waals surface area contributed by atoms with Crippen molar-refractivity contribution in [2.75, 3.05) is 31.6 Å². The third kappa shape index (κ3) is 5.10. The number of fused-ring (bicyclic) bond motifs is 1. The van der Waals surface area contributed by atoms with Crippen molar-refractivity contribution in [3.05, 3.63) is 35.4 Å². The van der Waals surface area contributed by atoms with Crippen LogP contribution in [0.15, 0.2) is 24.3 Å². The van der Waals surface area contributed by atoms with E-state index in [0.29, 0.717) is 11.5 Å². The first-order valence-corrected chi connectivity index (χ1v) is 11.1. The molecular formula is C19H29N3O2S2. The highest BCUT2D eigenvalue weighted by Crippen LogP contribution is 2.26. The minimum atomic E-state index is -0.806. The fraction of sp³-hybridized carbons (Fsp3) is 0.579. The molecule has 2 atom stereocenters. The van der Waals surface area contributed by atoms with Gasteiger partial charge in [-0.1, -0.05) is 24.3 Å². The van der Waals surface area contributed by atoms with E-state index in [1.807, 2.05) is 33.0 Å². The van der Waals surface area contributed by atoms with Crippen molar-refractivity contribution in [3.8, 4) is 0 Å². The van der Waals surface area contributed by atoms with Gasteiger partial charge in [-0.05, 0) is 32.0 Å². The highest BCUT2D eigenvalue weighted by atomic mass is 32.2. The van der Waals surface area contributed by atoms with Gasteiger partial charge in [0.05, 0.1) is 24.2 Å². The minimum Gasteiger partial charge on any atom is -0.324 e. The normalized spacial score (nSPS) is 28.4. The fourth-order valence-electron chi connectivity index (χ4n) is 2.79. The summed E-state index contributed by atoms with van der Waals surface area (Å²) < 4.78 is 0. The quantitative estimate of drug-likeness (QED) is 0.717. The van der Waals surface area contributed by atoms with E-state index < -0.39 is 11.1 Å². The highest BCUT2D eigenvalue weighted by Gasteiger charge is 2.36. The number of benzene rings is 1. The molecule has 4 N–H and O–H groups in total. The zero-order chi connectivity index (χ0) is 19.2. The summed E-state index contributed by atoms with van der Waals surface area (Å²) in [5.41, 5.74) is 6.74. The molecule has 0 radical (unpaired) electrons. The van der Waals surface area contributed by atoms with Crippen LogP contribution in [0.25, 0.3) is 0 Å². The number of nitrogens with two attached hydrogens (primary N) is 1. The summed E-state index contributed by atoms with van der Waals surface area (Å²) >= 11 is 3.46. The zero-order valence-corrected chi connectivity index (χ0v) is 17.4. The lowest BCUT2D eigenvalue weighted by molar-refractivity contribution is -0.125. The second-order valence-electron chi connectivity index (χ2n) is 7.07. The minimum absolute atomic E-state index is 0.0337. The van der Waals surface area contributed by atoms with Crippen LogP contribution in [0.1, 0.15) is 25.0 Å². The molecule has 1 aliphatic heterocycles. The van der Waals surface area contributed by atoms with Crippen molar-refractivity contribution >= 4 is 35.1 Å². The van der Waals surface area contributed by atoms with Gasteiger partial charge in [-0.15, -0.1) is 0 Å². The number of carbonyl (C=O) groups is 2. The number of nitrogens with one attached hydrogen (secondary N) is 2. The Hall–Kier alpha value is -0.860. The van der Waals surface area contributed by atoms with Gasteiger partial charge in [0.1, 0.15) is 0 Å². The molecule has 1 aliphatic rings. The summed E-state index contributed by atoms with van der Waals surface area (Å²) in [6.45, 7) is 3.88. The first-order chi connectivity index (χ1) is 12.3. The smallest absolute Gasteiger partial charge is 0.167 e. The molecule has 144 valence electrons. The monoisotopic (exact) mass is 395 g/mol. The van der Waals surface area contributed by atoms with E-state index in [4.69, 9.17) is 5.73 Å². The molecule has 0 fully saturated rings. The molecule has 0 bridgehead atoms. The summed E-state index contributed by atoms with van der Waals surface area (Å²) in [6, 6.07) is 8.38. The Morgan fingerprint density at radius 1 is 1.19 bits per heavy atom. The van der Waals surface area contributed by atoms with Gasteiger partial charge in [-0.2, -0.15) is 23.5 Å². The fourth-order valence-corrected chi connectivity index (χ4v) is 5.38. The van der Waals surface area contributed by atoms with E-state index in [1.165, 1.54) is 11.1 Å². The van der Waals surface area contributed by atoms with Crippen LogP contribution in [-0.4, -0.2) is 54.3 Å². The molecule has 1 aromatic rings. The van der Waals surface area contributed by atoms with Crippen LogP contribution in [0, 0.1) is 0 Å². The number of rotatable bonds is 3. The van der Waals surface area contributed by atoms with Gasteiger partial charge in [0, 0.05) is 23.0 Å². The van der Waals surface area contributed by atoms with Gasteiger partial charge < -0.3 is 11.1 Å². The van der Waals surface area contributed by atoms with Crippen LogP contribution in [0.4, 0.5) is 0 Å². The van der Waals surface area contributed by atoms with Crippen LogP contribution >= 0.6 is 23.5 Å².